The van der Waals surface area contributed by atoms with Crippen molar-refractivity contribution in [1.29, 1.82) is 0 Å². The van der Waals surface area contributed by atoms with Crippen LogP contribution < -0.4 is 9.64 Å². The highest BCUT2D eigenvalue weighted by Gasteiger charge is 2.33. The van der Waals surface area contributed by atoms with Gasteiger partial charge in [0, 0.05) is 24.9 Å². The summed E-state index contributed by atoms with van der Waals surface area (Å²) in [4.78, 5) is 6.71. The molecule has 0 atom stereocenters. The SMILES string of the molecule is O=S(=O)(c1ccc(OC(F)(F)F)cc1)C1CCN(c2nc(Cc3ccc(Cl)c(Cl)c3)cs2)CC1. The second-order valence-corrected chi connectivity index (χ2v) is 11.7. The number of piperidine rings is 1. The second kappa shape index (κ2) is 9.93. The Balaban J connectivity index is 1.37. The number of halogens is 5. The maximum absolute atomic E-state index is 13.0. The Labute approximate surface area is 209 Å². The van der Waals surface area contributed by atoms with Gasteiger partial charge in [-0.25, -0.2) is 13.4 Å². The molecule has 34 heavy (non-hydrogen) atoms. The number of aromatic nitrogens is 1. The van der Waals surface area contributed by atoms with Crippen LogP contribution in [0.1, 0.15) is 24.1 Å². The Bertz CT molecular complexity index is 1260. The predicted octanol–water partition coefficient (Wildman–Crippen LogP) is 6.38. The molecule has 0 radical (unpaired) electrons. The first-order valence-corrected chi connectivity index (χ1v) is 13.4. The van der Waals surface area contributed by atoms with E-state index in [0.717, 1.165) is 40.7 Å². The minimum absolute atomic E-state index is 0.0152. The molecule has 5 nitrogen and oxygen atoms in total. The van der Waals surface area contributed by atoms with Crippen molar-refractivity contribution in [3.05, 3.63) is 69.1 Å². The predicted molar refractivity (Wildman–Crippen MR) is 127 cm³/mol. The van der Waals surface area contributed by atoms with Gasteiger partial charge in [-0.2, -0.15) is 0 Å². The third-order valence-corrected chi connectivity index (χ3v) is 9.41. The minimum atomic E-state index is -4.83. The third kappa shape index (κ3) is 5.97. The van der Waals surface area contributed by atoms with Crippen LogP contribution in [0.5, 0.6) is 5.75 Å². The highest BCUT2D eigenvalue weighted by Crippen LogP contribution is 2.31. The van der Waals surface area contributed by atoms with Gasteiger partial charge in [-0.1, -0.05) is 29.3 Å². The van der Waals surface area contributed by atoms with Crippen LogP contribution in [0, 0.1) is 0 Å². The number of rotatable bonds is 6. The number of hydrogen-bond acceptors (Lipinski definition) is 6. The van der Waals surface area contributed by atoms with Crippen molar-refractivity contribution >= 4 is 49.5 Å². The molecule has 0 spiro atoms. The molecule has 1 aliphatic rings. The number of nitrogens with zero attached hydrogens (tertiary/aromatic N) is 2. The highest BCUT2D eigenvalue weighted by atomic mass is 35.5. The fourth-order valence-electron chi connectivity index (χ4n) is 3.76. The van der Waals surface area contributed by atoms with E-state index in [1.54, 1.807) is 12.1 Å². The van der Waals surface area contributed by atoms with Crippen LogP contribution in [0.25, 0.3) is 0 Å². The van der Waals surface area contributed by atoms with Crippen LogP contribution in [0.4, 0.5) is 18.3 Å². The van der Waals surface area contributed by atoms with Gasteiger partial charge in [-0.15, -0.1) is 24.5 Å². The van der Waals surface area contributed by atoms with Gasteiger partial charge in [0.15, 0.2) is 15.0 Å². The Hall–Kier alpha value is -2.01. The molecule has 0 saturated carbocycles. The summed E-state index contributed by atoms with van der Waals surface area (Å²) in [5, 5.41) is 3.15. The van der Waals surface area contributed by atoms with E-state index >= 15 is 0 Å². The van der Waals surface area contributed by atoms with Crippen LogP contribution >= 0.6 is 34.5 Å². The molecule has 2 aromatic carbocycles. The summed E-state index contributed by atoms with van der Waals surface area (Å²) in [6, 6.07) is 9.78. The van der Waals surface area contributed by atoms with Crippen molar-refractivity contribution < 1.29 is 26.3 Å². The normalized spacial score (nSPS) is 15.5. The van der Waals surface area contributed by atoms with Crippen molar-refractivity contribution in [1.82, 2.24) is 4.98 Å². The molecule has 0 aliphatic carbocycles. The van der Waals surface area contributed by atoms with Gasteiger partial charge in [0.2, 0.25) is 0 Å². The number of anilines is 1. The molecule has 182 valence electrons. The van der Waals surface area contributed by atoms with E-state index < -0.39 is 27.2 Å². The summed E-state index contributed by atoms with van der Waals surface area (Å²) >= 11 is 13.5. The third-order valence-electron chi connectivity index (χ3n) is 5.45. The van der Waals surface area contributed by atoms with Gasteiger partial charge < -0.3 is 9.64 Å². The lowest BCUT2D eigenvalue weighted by molar-refractivity contribution is -0.274. The molecule has 2 heterocycles. The summed E-state index contributed by atoms with van der Waals surface area (Å²) in [6.07, 6.45) is -3.44. The van der Waals surface area contributed by atoms with Crippen LogP contribution in [0.15, 0.2) is 52.7 Å². The lowest BCUT2D eigenvalue weighted by Crippen LogP contribution is -2.39. The maximum Gasteiger partial charge on any atom is 0.573 e. The van der Waals surface area contributed by atoms with Crippen molar-refractivity contribution in [3.63, 3.8) is 0 Å². The Morgan fingerprint density at radius 1 is 1.06 bits per heavy atom. The standard InChI is InChI=1S/C22H19Cl2F3N2O3S2/c23-19-6-1-14(12-20(19)24)11-15-13-33-21(28-15)29-9-7-18(8-10-29)34(30,31)17-4-2-16(3-5-17)32-22(25,26)27/h1-6,12-13,18H,7-11H2. The van der Waals surface area contributed by atoms with Gasteiger partial charge in [0.25, 0.3) is 0 Å². The largest absolute Gasteiger partial charge is 0.573 e. The number of sulfone groups is 1. The molecule has 1 saturated heterocycles. The van der Waals surface area contributed by atoms with E-state index in [4.69, 9.17) is 23.2 Å². The number of hydrogen-bond donors (Lipinski definition) is 0. The van der Waals surface area contributed by atoms with E-state index in [0.29, 0.717) is 42.4 Å². The molecular formula is C22H19Cl2F3N2O3S2. The van der Waals surface area contributed by atoms with E-state index in [1.165, 1.54) is 11.3 Å². The number of alkyl halides is 3. The van der Waals surface area contributed by atoms with E-state index in [9.17, 15) is 21.6 Å². The van der Waals surface area contributed by atoms with Crippen molar-refractivity contribution in [2.45, 2.75) is 35.8 Å². The fourth-order valence-corrected chi connectivity index (χ4v) is 6.69. The molecule has 1 aliphatic heterocycles. The molecule has 0 N–H and O–H groups in total. The molecule has 4 rings (SSSR count). The average molecular weight is 551 g/mol. The summed E-state index contributed by atoms with van der Waals surface area (Å²) in [5.41, 5.74) is 1.87. The lowest BCUT2D eigenvalue weighted by atomic mass is 10.1. The van der Waals surface area contributed by atoms with E-state index in [2.05, 4.69) is 14.6 Å². The average Bonchev–Trinajstić information content (AvgIpc) is 3.24. The first-order chi connectivity index (χ1) is 16.0. The Morgan fingerprint density at radius 2 is 1.74 bits per heavy atom. The zero-order chi connectivity index (χ0) is 24.5. The Morgan fingerprint density at radius 3 is 2.35 bits per heavy atom. The summed E-state index contributed by atoms with van der Waals surface area (Å²) in [5.74, 6) is -0.457. The fraction of sp³-hybridized carbons (Fsp3) is 0.318. The molecule has 0 bridgehead atoms. The monoisotopic (exact) mass is 550 g/mol. The molecule has 0 amide bonds. The first kappa shape index (κ1) is 25.1. The highest BCUT2D eigenvalue weighted by molar-refractivity contribution is 7.92. The van der Waals surface area contributed by atoms with Crippen LogP contribution in [-0.4, -0.2) is 38.1 Å². The van der Waals surface area contributed by atoms with Crippen LogP contribution in [0.3, 0.4) is 0 Å². The van der Waals surface area contributed by atoms with Gasteiger partial charge in [-0.3, -0.25) is 0 Å². The molecule has 0 unspecified atom stereocenters. The van der Waals surface area contributed by atoms with Crippen LogP contribution in [0.2, 0.25) is 10.0 Å². The summed E-state index contributed by atoms with van der Waals surface area (Å²) in [6.45, 7) is 1.03. The van der Waals surface area contributed by atoms with Gasteiger partial charge >= 0.3 is 6.36 Å². The summed E-state index contributed by atoms with van der Waals surface area (Å²) in [7, 11) is -3.67. The Kier molecular flexibility index (Phi) is 7.33. The van der Waals surface area contributed by atoms with Crippen molar-refractivity contribution in [2.75, 3.05) is 18.0 Å². The number of thiazole rings is 1. The molecule has 1 fully saturated rings. The van der Waals surface area contributed by atoms with E-state index in [1.807, 2.05) is 11.4 Å². The number of ether oxygens (including phenoxy) is 1. The van der Waals surface area contributed by atoms with Crippen LogP contribution in [-0.2, 0) is 16.3 Å². The molecule has 12 heteroatoms. The van der Waals surface area contributed by atoms with Crippen molar-refractivity contribution in [2.24, 2.45) is 0 Å². The first-order valence-electron chi connectivity index (χ1n) is 10.2. The quantitative estimate of drug-likeness (QED) is 0.356. The molecule has 1 aromatic heterocycles. The van der Waals surface area contributed by atoms with Gasteiger partial charge in [0.05, 0.1) is 25.9 Å². The lowest BCUT2D eigenvalue weighted by Gasteiger charge is -2.31. The minimum Gasteiger partial charge on any atom is -0.406 e. The van der Waals surface area contributed by atoms with Gasteiger partial charge in [0.1, 0.15) is 5.75 Å². The zero-order valence-corrected chi connectivity index (χ0v) is 20.7. The summed E-state index contributed by atoms with van der Waals surface area (Å²) < 4.78 is 66.7. The van der Waals surface area contributed by atoms with Crippen molar-refractivity contribution in [3.8, 4) is 5.75 Å². The second-order valence-electron chi connectivity index (χ2n) is 7.80. The van der Waals surface area contributed by atoms with Gasteiger partial charge in [-0.05, 0) is 54.8 Å². The van der Waals surface area contributed by atoms with E-state index in [-0.39, 0.29) is 4.90 Å². The topological polar surface area (TPSA) is 59.5 Å². The zero-order valence-electron chi connectivity index (χ0n) is 17.6. The number of benzene rings is 2. The molecular weight excluding hydrogens is 532 g/mol. The smallest absolute Gasteiger partial charge is 0.406 e. The molecule has 3 aromatic rings. The maximum atomic E-state index is 13.0.